The second kappa shape index (κ2) is 1.65. The molecule has 3 rings (SSSR count). The Kier molecular flexibility index (Phi) is 0.985. The third kappa shape index (κ3) is 0.651. The Morgan fingerprint density at radius 3 is 2.15 bits per heavy atom. The summed E-state index contributed by atoms with van der Waals surface area (Å²) in [6, 6.07) is 1.19. The van der Waals surface area contributed by atoms with E-state index >= 15 is 0 Å². The van der Waals surface area contributed by atoms with E-state index in [0.717, 1.165) is 0 Å². The zero-order chi connectivity index (χ0) is 9.59. The van der Waals surface area contributed by atoms with Crippen LogP contribution in [0.5, 0.6) is 0 Å². The van der Waals surface area contributed by atoms with Crippen LogP contribution >= 0.6 is 11.6 Å². The summed E-state index contributed by atoms with van der Waals surface area (Å²) in [7, 11) is -6.88. The molecule has 0 atom stereocenters. The van der Waals surface area contributed by atoms with Gasteiger partial charge in [-0.15, -0.1) is 0 Å². The predicted octanol–water partition coefficient (Wildman–Crippen LogP) is 0.632. The lowest BCUT2D eigenvalue weighted by Gasteiger charge is -1.75. The molecule has 13 heavy (non-hydrogen) atoms. The normalized spacial score (nSPS) is 23.2. The van der Waals surface area contributed by atoms with Gasteiger partial charge in [-0.2, -0.15) is 0 Å². The molecule has 7 heteroatoms. The number of hydrogen-bond acceptors (Lipinski definition) is 4. The molecule has 2 aliphatic heterocycles. The highest BCUT2D eigenvalue weighted by atomic mass is 35.5. The number of sulfone groups is 2. The smallest absolute Gasteiger partial charge is 0.212 e. The summed E-state index contributed by atoms with van der Waals surface area (Å²) < 4.78 is 44.5. The maximum absolute atomic E-state index is 11.1. The highest BCUT2D eigenvalue weighted by Gasteiger charge is 2.57. The minimum Gasteiger partial charge on any atom is -0.218 e. The van der Waals surface area contributed by atoms with Crippen molar-refractivity contribution in [3.8, 4) is 0 Å². The Balaban J connectivity index is 2.57. The second-order valence-electron chi connectivity index (χ2n) is 2.85. The van der Waals surface area contributed by atoms with E-state index in [9.17, 15) is 16.8 Å². The summed E-state index contributed by atoms with van der Waals surface area (Å²) in [5, 5.41) is 0.00910. The molecule has 4 nitrogen and oxygen atoms in total. The topological polar surface area (TPSA) is 68.3 Å². The first-order chi connectivity index (χ1) is 5.88. The molecule has 2 aliphatic rings. The van der Waals surface area contributed by atoms with E-state index in [0.29, 0.717) is 0 Å². The summed E-state index contributed by atoms with van der Waals surface area (Å²) in [6.45, 7) is 0. The molecule has 0 saturated carbocycles. The van der Waals surface area contributed by atoms with Gasteiger partial charge in [0, 0.05) is 0 Å². The van der Waals surface area contributed by atoms with Crippen LogP contribution in [0.3, 0.4) is 0 Å². The fraction of sp³-hybridized carbons (Fsp3) is 0. The van der Waals surface area contributed by atoms with Gasteiger partial charge in [0.25, 0.3) is 0 Å². The Morgan fingerprint density at radius 1 is 0.923 bits per heavy atom. The highest BCUT2D eigenvalue weighted by Crippen LogP contribution is 2.59. The lowest BCUT2D eigenvalue weighted by molar-refractivity contribution is 0.606. The lowest BCUT2D eigenvalue weighted by atomic mass is 10.4. The van der Waals surface area contributed by atoms with Crippen LogP contribution in [0.25, 0.3) is 0 Å². The molecule has 0 unspecified atom stereocenters. The molecule has 0 aliphatic carbocycles. The fourth-order valence-corrected chi connectivity index (χ4v) is 5.71. The van der Waals surface area contributed by atoms with Crippen LogP contribution in [0.15, 0.2) is 25.6 Å². The van der Waals surface area contributed by atoms with Crippen LogP contribution in [-0.4, -0.2) is 16.8 Å². The van der Waals surface area contributed by atoms with Gasteiger partial charge in [-0.25, -0.2) is 16.8 Å². The van der Waals surface area contributed by atoms with Crippen LogP contribution in [0, 0.1) is 0 Å². The van der Waals surface area contributed by atoms with Crippen molar-refractivity contribution in [1.82, 2.24) is 0 Å². The average Bonchev–Trinajstić information content (AvgIpc) is 2.71. The Labute approximate surface area is 79.0 Å². The van der Waals surface area contributed by atoms with Gasteiger partial charge in [0.15, 0.2) is 0 Å². The van der Waals surface area contributed by atoms with Crippen molar-refractivity contribution < 1.29 is 16.8 Å². The predicted molar refractivity (Wildman–Crippen MR) is 42.4 cm³/mol. The molecule has 0 spiro atoms. The Morgan fingerprint density at radius 2 is 1.54 bits per heavy atom. The van der Waals surface area contributed by atoms with Crippen molar-refractivity contribution >= 4 is 31.3 Å². The van der Waals surface area contributed by atoms with Crippen molar-refractivity contribution in [3.63, 3.8) is 0 Å². The molecule has 1 aromatic rings. The third-order valence-corrected chi connectivity index (χ3v) is 6.02. The van der Waals surface area contributed by atoms with E-state index < -0.39 is 19.7 Å². The molecule has 0 fully saturated rings. The summed E-state index contributed by atoms with van der Waals surface area (Å²) >= 11 is 5.57. The van der Waals surface area contributed by atoms with Crippen LogP contribution < -0.4 is 0 Å². The van der Waals surface area contributed by atoms with Gasteiger partial charge < -0.3 is 0 Å². The van der Waals surface area contributed by atoms with Gasteiger partial charge in [-0.1, -0.05) is 11.6 Å². The van der Waals surface area contributed by atoms with E-state index in [1.54, 1.807) is 0 Å². The number of fused-ring (bicyclic) bond motifs is 3. The molecule has 1 aromatic carbocycles. The van der Waals surface area contributed by atoms with Crippen molar-refractivity contribution in [3.05, 3.63) is 11.1 Å². The minimum absolute atomic E-state index is 0.00910. The summed E-state index contributed by atoms with van der Waals surface area (Å²) in [4.78, 5) is -0.104. The fourth-order valence-electron chi connectivity index (χ4n) is 1.42. The van der Waals surface area contributed by atoms with Gasteiger partial charge in [0.1, 0.15) is 14.7 Å². The van der Waals surface area contributed by atoms with Crippen LogP contribution in [0.1, 0.15) is 0 Å². The molecule has 0 amide bonds. The zero-order valence-electron chi connectivity index (χ0n) is 5.90. The van der Waals surface area contributed by atoms with E-state index in [4.69, 9.17) is 11.6 Å². The third-order valence-electron chi connectivity index (χ3n) is 2.12. The van der Waals surface area contributed by atoms with E-state index in [1.807, 2.05) is 0 Å². The second-order valence-corrected chi connectivity index (χ2v) is 6.94. The van der Waals surface area contributed by atoms with Crippen LogP contribution in [0.4, 0.5) is 0 Å². The highest BCUT2D eigenvalue weighted by molar-refractivity contribution is 8.01. The molecule has 68 valence electrons. The van der Waals surface area contributed by atoms with Crippen molar-refractivity contribution in [2.75, 3.05) is 0 Å². The first kappa shape index (κ1) is 7.78. The van der Waals surface area contributed by atoms with Gasteiger partial charge in [0.2, 0.25) is 19.7 Å². The molecule has 2 heterocycles. The Bertz CT molecular complexity index is 669. The van der Waals surface area contributed by atoms with Crippen LogP contribution in [-0.2, 0) is 19.7 Å². The lowest BCUT2D eigenvalue weighted by Crippen LogP contribution is -1.74. The minimum atomic E-state index is -3.47. The number of halogens is 1. The summed E-state index contributed by atoms with van der Waals surface area (Å²) in [6.07, 6.45) is 0. The molecular formula is C6HClO4S2. The van der Waals surface area contributed by atoms with Gasteiger partial charge in [-0.05, 0) is 6.07 Å². The maximum Gasteiger partial charge on any atom is 0.212 e. The zero-order valence-corrected chi connectivity index (χ0v) is 8.29. The van der Waals surface area contributed by atoms with Gasteiger partial charge in [0.05, 0.1) is 9.92 Å². The molecule has 0 saturated heterocycles. The first-order valence-corrected chi connectivity index (χ1v) is 6.59. The van der Waals surface area contributed by atoms with Crippen molar-refractivity contribution in [1.29, 1.82) is 0 Å². The number of hydrogen-bond donors (Lipinski definition) is 0. The standard InChI is InChI=1S/C6HClO4S2/c7-2-1-3-5(12(3,8)9)6-4(2)13(6,10)11/h1H. The van der Waals surface area contributed by atoms with Crippen molar-refractivity contribution in [2.24, 2.45) is 0 Å². The van der Waals surface area contributed by atoms with Gasteiger partial charge >= 0.3 is 0 Å². The quantitative estimate of drug-likeness (QED) is 0.537. The summed E-state index contributed by atoms with van der Waals surface area (Å²) in [5.41, 5.74) is 0. The van der Waals surface area contributed by atoms with Crippen molar-refractivity contribution in [2.45, 2.75) is 19.6 Å². The monoisotopic (exact) mass is 236 g/mol. The van der Waals surface area contributed by atoms with E-state index in [1.165, 1.54) is 6.07 Å². The molecule has 0 aromatic heterocycles. The summed E-state index contributed by atoms with van der Waals surface area (Å²) in [5.74, 6) is 0. The maximum atomic E-state index is 11.1. The van der Waals surface area contributed by atoms with E-state index in [-0.39, 0.29) is 24.6 Å². The molecule has 0 radical (unpaired) electrons. The molecule has 0 bridgehead atoms. The van der Waals surface area contributed by atoms with E-state index in [2.05, 4.69) is 0 Å². The van der Waals surface area contributed by atoms with Gasteiger partial charge in [-0.3, -0.25) is 0 Å². The molecule has 0 N–H and O–H groups in total. The average molecular weight is 237 g/mol. The first-order valence-electron chi connectivity index (χ1n) is 3.25. The number of benzene rings is 1. The number of rotatable bonds is 0. The molecular weight excluding hydrogens is 236 g/mol. The van der Waals surface area contributed by atoms with Crippen LogP contribution in [0.2, 0.25) is 5.02 Å². The Hall–Kier alpha value is -0.590. The largest absolute Gasteiger partial charge is 0.218 e. The SMILES string of the molecule is O=S1(=O)c2cc(Cl)c3c(c21)S3(=O)=O.